The van der Waals surface area contributed by atoms with Gasteiger partial charge in [-0.1, -0.05) is 6.92 Å². The second-order valence-corrected chi connectivity index (χ2v) is 6.58. The van der Waals surface area contributed by atoms with Gasteiger partial charge in [-0.2, -0.15) is 0 Å². The van der Waals surface area contributed by atoms with Crippen molar-refractivity contribution in [1.82, 2.24) is 9.80 Å². The molecule has 2 heterocycles. The van der Waals surface area contributed by atoms with Gasteiger partial charge in [-0.05, 0) is 37.6 Å². The molecule has 1 atom stereocenters. The van der Waals surface area contributed by atoms with Gasteiger partial charge >= 0.3 is 5.97 Å². The van der Waals surface area contributed by atoms with Crippen molar-refractivity contribution in [2.45, 2.75) is 25.8 Å². The number of piperazine rings is 1. The lowest BCUT2D eigenvalue weighted by Gasteiger charge is -2.35. The molecule has 1 aromatic rings. The van der Waals surface area contributed by atoms with E-state index in [1.807, 2.05) is 4.90 Å². The van der Waals surface area contributed by atoms with Crippen molar-refractivity contribution in [3.63, 3.8) is 0 Å². The molecule has 0 saturated carbocycles. The van der Waals surface area contributed by atoms with E-state index >= 15 is 0 Å². The Morgan fingerprint density at radius 3 is 2.52 bits per heavy atom. The quantitative estimate of drug-likeness (QED) is 0.896. The van der Waals surface area contributed by atoms with Gasteiger partial charge < -0.3 is 19.8 Å². The maximum absolute atomic E-state index is 14.6. The Hall–Kier alpha value is -2.15. The topological polar surface area (TPSA) is 64.1 Å². The Labute approximate surface area is 146 Å². The minimum Gasteiger partial charge on any atom is -0.480 e. The highest BCUT2D eigenvalue weighted by molar-refractivity contribution is 5.97. The first-order chi connectivity index (χ1) is 12.0. The molecule has 136 valence electrons. The zero-order valence-electron chi connectivity index (χ0n) is 14.4. The van der Waals surface area contributed by atoms with Crippen LogP contribution in [0.4, 0.5) is 10.1 Å². The Morgan fingerprint density at radius 1 is 1.20 bits per heavy atom. The maximum Gasteiger partial charge on any atom is 0.326 e. The molecule has 0 bridgehead atoms. The summed E-state index contributed by atoms with van der Waals surface area (Å²) in [6.07, 6.45) is 1.11. The molecule has 2 aliphatic heterocycles. The number of carbonyl (C=O) groups excluding carboxylic acids is 1. The standard InChI is InChI=1S/C18H24FN3O3/c1-2-20-8-10-21(11-9-20)15-6-5-13(12-14(15)19)17(23)22-7-3-4-16(22)18(24)25/h5-6,12,16H,2-4,7-11H2,1H3,(H,24,25). The van der Waals surface area contributed by atoms with Gasteiger partial charge in [0, 0.05) is 38.3 Å². The lowest BCUT2D eigenvalue weighted by atomic mass is 10.1. The van der Waals surface area contributed by atoms with Crippen molar-refractivity contribution < 1.29 is 19.1 Å². The van der Waals surface area contributed by atoms with Gasteiger partial charge in [0.2, 0.25) is 0 Å². The predicted molar refractivity (Wildman–Crippen MR) is 92.4 cm³/mol. The van der Waals surface area contributed by atoms with Crippen LogP contribution in [0.2, 0.25) is 0 Å². The SMILES string of the molecule is CCN1CCN(c2ccc(C(=O)N3CCCC3C(=O)O)cc2F)CC1. The number of hydrogen-bond acceptors (Lipinski definition) is 4. The second-order valence-electron chi connectivity index (χ2n) is 6.58. The lowest BCUT2D eigenvalue weighted by Crippen LogP contribution is -2.46. The number of likely N-dealkylation sites (tertiary alicyclic amines) is 1. The van der Waals surface area contributed by atoms with Gasteiger partial charge in [-0.25, -0.2) is 9.18 Å². The number of amides is 1. The predicted octanol–water partition coefficient (Wildman–Crippen LogP) is 1.66. The van der Waals surface area contributed by atoms with E-state index in [0.29, 0.717) is 25.1 Å². The van der Waals surface area contributed by atoms with Gasteiger partial charge in [0.1, 0.15) is 11.9 Å². The molecule has 7 heteroatoms. The van der Waals surface area contributed by atoms with Crippen LogP contribution < -0.4 is 4.90 Å². The first-order valence-electron chi connectivity index (χ1n) is 8.82. The average Bonchev–Trinajstić information content (AvgIpc) is 3.11. The zero-order chi connectivity index (χ0) is 18.0. The van der Waals surface area contributed by atoms with Gasteiger partial charge in [0.05, 0.1) is 5.69 Å². The summed E-state index contributed by atoms with van der Waals surface area (Å²) in [5, 5.41) is 9.21. The number of likely N-dealkylation sites (N-methyl/N-ethyl adjacent to an activating group) is 1. The molecule has 25 heavy (non-hydrogen) atoms. The van der Waals surface area contributed by atoms with Crippen molar-refractivity contribution in [3.8, 4) is 0 Å². The summed E-state index contributed by atoms with van der Waals surface area (Å²) in [5.74, 6) is -1.84. The number of anilines is 1. The molecule has 0 aromatic heterocycles. The lowest BCUT2D eigenvalue weighted by molar-refractivity contribution is -0.141. The van der Waals surface area contributed by atoms with Crippen molar-refractivity contribution in [2.75, 3.05) is 44.2 Å². The van der Waals surface area contributed by atoms with Crippen molar-refractivity contribution >= 4 is 17.6 Å². The fourth-order valence-corrected chi connectivity index (χ4v) is 3.63. The van der Waals surface area contributed by atoms with Crippen LogP contribution >= 0.6 is 0 Å². The molecule has 0 aliphatic carbocycles. The molecule has 6 nitrogen and oxygen atoms in total. The molecule has 0 spiro atoms. The highest BCUT2D eigenvalue weighted by atomic mass is 19.1. The number of nitrogens with zero attached hydrogens (tertiary/aromatic N) is 3. The fourth-order valence-electron chi connectivity index (χ4n) is 3.63. The van der Waals surface area contributed by atoms with E-state index in [1.54, 1.807) is 12.1 Å². The molecule has 1 amide bonds. The maximum atomic E-state index is 14.6. The molecule has 2 aliphatic rings. The molecule has 1 aromatic carbocycles. The first-order valence-corrected chi connectivity index (χ1v) is 8.82. The van der Waals surface area contributed by atoms with Gasteiger partial charge in [-0.15, -0.1) is 0 Å². The number of aliphatic carboxylic acids is 1. The third-order valence-corrected chi connectivity index (χ3v) is 5.15. The summed E-state index contributed by atoms with van der Waals surface area (Å²) in [7, 11) is 0. The third kappa shape index (κ3) is 3.61. The van der Waals surface area contributed by atoms with E-state index in [-0.39, 0.29) is 5.56 Å². The van der Waals surface area contributed by atoms with Crippen LogP contribution in [0.1, 0.15) is 30.1 Å². The van der Waals surface area contributed by atoms with E-state index in [9.17, 15) is 19.1 Å². The van der Waals surface area contributed by atoms with E-state index in [2.05, 4.69) is 11.8 Å². The minimum atomic E-state index is -1.00. The number of halogens is 1. The Morgan fingerprint density at radius 2 is 1.92 bits per heavy atom. The summed E-state index contributed by atoms with van der Waals surface area (Å²) < 4.78 is 14.6. The molecule has 1 N–H and O–H groups in total. The number of rotatable bonds is 4. The van der Waals surface area contributed by atoms with E-state index in [4.69, 9.17) is 0 Å². The first kappa shape index (κ1) is 17.7. The van der Waals surface area contributed by atoms with Gasteiger partial charge in [-0.3, -0.25) is 4.79 Å². The van der Waals surface area contributed by atoms with E-state index in [1.165, 1.54) is 11.0 Å². The monoisotopic (exact) mass is 349 g/mol. The van der Waals surface area contributed by atoms with Crippen LogP contribution in [-0.2, 0) is 4.79 Å². The van der Waals surface area contributed by atoms with Crippen molar-refractivity contribution in [3.05, 3.63) is 29.6 Å². The third-order valence-electron chi connectivity index (χ3n) is 5.15. The number of benzene rings is 1. The summed E-state index contributed by atoms with van der Waals surface area (Å²) in [6.45, 7) is 6.80. The molecule has 2 saturated heterocycles. The van der Waals surface area contributed by atoms with Crippen LogP contribution in [0.3, 0.4) is 0 Å². The minimum absolute atomic E-state index is 0.210. The largest absolute Gasteiger partial charge is 0.480 e. The van der Waals surface area contributed by atoms with Gasteiger partial charge in [0.25, 0.3) is 5.91 Å². The number of carboxylic acids is 1. The molecule has 2 fully saturated rings. The molecular weight excluding hydrogens is 325 g/mol. The number of carboxylic acid groups (broad SMARTS) is 1. The van der Waals surface area contributed by atoms with Crippen LogP contribution in [0.25, 0.3) is 0 Å². The zero-order valence-corrected chi connectivity index (χ0v) is 14.4. The van der Waals surface area contributed by atoms with Crippen LogP contribution in [0, 0.1) is 5.82 Å². The Balaban J connectivity index is 1.73. The van der Waals surface area contributed by atoms with Crippen LogP contribution in [0.15, 0.2) is 18.2 Å². The normalized spacial score (nSPS) is 21.6. The molecule has 3 rings (SSSR count). The Kier molecular flexibility index (Phi) is 5.22. The fraction of sp³-hybridized carbons (Fsp3) is 0.556. The highest BCUT2D eigenvalue weighted by Crippen LogP contribution is 2.25. The molecular formula is C18H24FN3O3. The summed E-state index contributed by atoms with van der Waals surface area (Å²) in [4.78, 5) is 29.4. The van der Waals surface area contributed by atoms with E-state index in [0.717, 1.165) is 32.7 Å². The number of carbonyl (C=O) groups is 2. The summed E-state index contributed by atoms with van der Waals surface area (Å²) in [6, 6.07) is 3.67. The van der Waals surface area contributed by atoms with Crippen LogP contribution in [-0.4, -0.2) is 72.1 Å². The number of hydrogen-bond donors (Lipinski definition) is 1. The smallest absolute Gasteiger partial charge is 0.326 e. The molecule has 0 radical (unpaired) electrons. The van der Waals surface area contributed by atoms with Crippen molar-refractivity contribution in [1.29, 1.82) is 0 Å². The molecule has 1 unspecified atom stereocenters. The highest BCUT2D eigenvalue weighted by Gasteiger charge is 2.34. The Bertz CT molecular complexity index is 659. The summed E-state index contributed by atoms with van der Waals surface area (Å²) >= 11 is 0. The average molecular weight is 349 g/mol. The van der Waals surface area contributed by atoms with Crippen LogP contribution in [0.5, 0.6) is 0 Å². The summed E-state index contributed by atoms with van der Waals surface area (Å²) in [5.41, 5.74) is 0.713. The second kappa shape index (κ2) is 7.39. The van der Waals surface area contributed by atoms with Gasteiger partial charge in [0.15, 0.2) is 0 Å². The van der Waals surface area contributed by atoms with E-state index < -0.39 is 23.7 Å². The van der Waals surface area contributed by atoms with Crippen molar-refractivity contribution in [2.24, 2.45) is 0 Å².